The molecular weight excluding hydrogens is 420 g/mol. The van der Waals surface area contributed by atoms with Gasteiger partial charge in [0.25, 0.3) is 0 Å². The summed E-state index contributed by atoms with van der Waals surface area (Å²) in [6, 6.07) is 20.1. The first-order valence-electron chi connectivity index (χ1n) is 11.2. The highest BCUT2D eigenvalue weighted by Gasteiger charge is 2.27. The highest BCUT2D eigenvalue weighted by Crippen LogP contribution is 2.30. The number of imidazole rings is 1. The number of aromatic nitrogens is 3. The van der Waals surface area contributed by atoms with Gasteiger partial charge in [-0.25, -0.2) is 4.98 Å². The van der Waals surface area contributed by atoms with Crippen molar-refractivity contribution < 1.29 is 4.79 Å². The fraction of sp³-hybridized carbons (Fsp3) is 0.308. The number of hydrogen-bond donors (Lipinski definition) is 1. The van der Waals surface area contributed by atoms with Crippen LogP contribution in [0.4, 0.5) is 0 Å². The second kappa shape index (κ2) is 9.21. The third-order valence-electron chi connectivity index (χ3n) is 6.50. The first-order valence-corrected chi connectivity index (χ1v) is 11.6. The quantitative estimate of drug-likeness (QED) is 0.419. The number of likely N-dealkylation sites (tertiary alicyclic amines) is 1. The molecule has 1 saturated heterocycles. The number of aromatic amines is 1. The standard InChI is InChI=1S/C26H27ClN4O/c27-22-9-7-19(8-10-22)21(18-30-13-3-4-14-30)17-25(32)31-15-11-20(12-16-31)26-28-23-5-1-2-6-24(23)29-26/h1-10,13-14,20-21H,11-12,15-18H2,(H,28,29)/t21-/m0/s1. The van der Waals surface area contributed by atoms with Crippen molar-refractivity contribution in [3.63, 3.8) is 0 Å². The predicted octanol–water partition coefficient (Wildman–Crippen LogP) is 5.60. The third-order valence-corrected chi connectivity index (χ3v) is 6.75. The maximum absolute atomic E-state index is 13.2. The van der Waals surface area contributed by atoms with Crippen LogP contribution >= 0.6 is 11.6 Å². The number of nitrogens with zero attached hydrogens (tertiary/aromatic N) is 3. The van der Waals surface area contributed by atoms with E-state index >= 15 is 0 Å². The lowest BCUT2D eigenvalue weighted by Crippen LogP contribution is -2.39. The minimum atomic E-state index is 0.111. The minimum absolute atomic E-state index is 0.111. The molecule has 0 unspecified atom stereocenters. The van der Waals surface area contributed by atoms with Gasteiger partial charge in [-0.05, 0) is 54.8 Å². The van der Waals surface area contributed by atoms with Gasteiger partial charge in [-0.3, -0.25) is 4.79 Å². The summed E-state index contributed by atoms with van der Waals surface area (Å²) < 4.78 is 2.14. The molecule has 5 nitrogen and oxygen atoms in total. The zero-order chi connectivity index (χ0) is 21.9. The van der Waals surface area contributed by atoms with Crippen molar-refractivity contribution in [2.45, 2.75) is 37.6 Å². The van der Waals surface area contributed by atoms with E-state index in [9.17, 15) is 4.79 Å². The van der Waals surface area contributed by atoms with E-state index in [0.29, 0.717) is 17.4 Å². The molecule has 32 heavy (non-hydrogen) atoms. The molecule has 0 spiro atoms. The molecule has 1 amide bonds. The topological polar surface area (TPSA) is 53.9 Å². The summed E-state index contributed by atoms with van der Waals surface area (Å²) in [5.74, 6) is 1.75. The fourth-order valence-corrected chi connectivity index (χ4v) is 4.80. The van der Waals surface area contributed by atoms with Crippen molar-refractivity contribution >= 4 is 28.5 Å². The molecule has 0 aliphatic carbocycles. The molecule has 1 fully saturated rings. The zero-order valence-electron chi connectivity index (χ0n) is 18.0. The van der Waals surface area contributed by atoms with Gasteiger partial charge in [0.2, 0.25) is 5.91 Å². The number of halogens is 1. The number of benzene rings is 2. The van der Waals surface area contributed by atoms with Gasteiger partial charge >= 0.3 is 0 Å². The van der Waals surface area contributed by atoms with Crippen LogP contribution in [0, 0.1) is 0 Å². The van der Waals surface area contributed by atoms with Crippen molar-refractivity contribution in [2.24, 2.45) is 0 Å². The molecule has 0 bridgehead atoms. The molecule has 1 aliphatic heterocycles. The molecule has 1 atom stereocenters. The van der Waals surface area contributed by atoms with E-state index in [2.05, 4.69) is 15.6 Å². The number of carbonyl (C=O) groups is 1. The Morgan fingerprint density at radius 2 is 1.75 bits per heavy atom. The smallest absolute Gasteiger partial charge is 0.223 e. The molecule has 4 aromatic rings. The Kier molecular flexibility index (Phi) is 5.99. The van der Waals surface area contributed by atoms with Crippen LogP contribution < -0.4 is 0 Å². The van der Waals surface area contributed by atoms with Gasteiger partial charge in [-0.1, -0.05) is 35.9 Å². The van der Waals surface area contributed by atoms with Crippen molar-refractivity contribution in [3.05, 3.63) is 89.5 Å². The Morgan fingerprint density at radius 1 is 1.03 bits per heavy atom. The molecule has 0 radical (unpaired) electrons. The van der Waals surface area contributed by atoms with Gasteiger partial charge in [0.05, 0.1) is 11.0 Å². The normalized spacial score (nSPS) is 15.8. The molecule has 2 aromatic carbocycles. The summed E-state index contributed by atoms with van der Waals surface area (Å²) in [6.07, 6.45) is 6.47. The Labute approximate surface area is 193 Å². The zero-order valence-corrected chi connectivity index (χ0v) is 18.7. The number of para-hydroxylation sites is 2. The van der Waals surface area contributed by atoms with Crippen LogP contribution in [0.25, 0.3) is 11.0 Å². The number of carbonyl (C=O) groups excluding carboxylic acids is 1. The second-order valence-corrected chi connectivity index (χ2v) is 9.06. The van der Waals surface area contributed by atoms with Crippen LogP contribution in [-0.2, 0) is 11.3 Å². The first-order chi connectivity index (χ1) is 15.7. The molecule has 1 aliphatic rings. The van der Waals surface area contributed by atoms with Gasteiger partial charge in [0, 0.05) is 55.3 Å². The maximum Gasteiger partial charge on any atom is 0.223 e. The van der Waals surface area contributed by atoms with E-state index in [1.807, 2.05) is 71.9 Å². The summed E-state index contributed by atoms with van der Waals surface area (Å²) in [4.78, 5) is 23.5. The number of rotatable bonds is 6. The number of nitrogens with one attached hydrogen (secondary N) is 1. The van der Waals surface area contributed by atoms with Crippen LogP contribution in [0.5, 0.6) is 0 Å². The Bertz CT molecular complexity index is 1140. The number of amides is 1. The SMILES string of the molecule is O=C(C[C@@H](Cn1cccc1)c1ccc(Cl)cc1)N1CCC(c2nc3ccccc3[nH]2)CC1. The third kappa shape index (κ3) is 4.58. The van der Waals surface area contributed by atoms with E-state index in [4.69, 9.17) is 16.6 Å². The highest BCUT2D eigenvalue weighted by atomic mass is 35.5. The molecule has 2 aromatic heterocycles. The van der Waals surface area contributed by atoms with Crippen LogP contribution in [-0.4, -0.2) is 38.4 Å². The van der Waals surface area contributed by atoms with Gasteiger partial charge < -0.3 is 14.5 Å². The minimum Gasteiger partial charge on any atom is -0.354 e. The van der Waals surface area contributed by atoms with Crippen LogP contribution in [0.15, 0.2) is 73.1 Å². The maximum atomic E-state index is 13.2. The number of fused-ring (bicyclic) bond motifs is 1. The van der Waals surface area contributed by atoms with Crippen LogP contribution in [0.2, 0.25) is 5.02 Å². The Balaban J connectivity index is 1.24. The largest absolute Gasteiger partial charge is 0.354 e. The van der Waals surface area contributed by atoms with Crippen LogP contribution in [0.1, 0.15) is 42.5 Å². The van der Waals surface area contributed by atoms with E-state index in [-0.39, 0.29) is 11.8 Å². The molecule has 5 rings (SSSR count). The Hall–Kier alpha value is -3.05. The van der Waals surface area contributed by atoms with E-state index in [0.717, 1.165) is 54.9 Å². The summed E-state index contributed by atoms with van der Waals surface area (Å²) in [5, 5.41) is 0.715. The number of piperidine rings is 1. The molecular formula is C26H27ClN4O. The first kappa shape index (κ1) is 20.8. The molecule has 164 valence electrons. The second-order valence-electron chi connectivity index (χ2n) is 8.63. The lowest BCUT2D eigenvalue weighted by molar-refractivity contribution is -0.132. The van der Waals surface area contributed by atoms with Crippen molar-refractivity contribution in [2.75, 3.05) is 13.1 Å². The van der Waals surface area contributed by atoms with Crippen molar-refractivity contribution in [1.82, 2.24) is 19.4 Å². The summed E-state index contributed by atoms with van der Waals surface area (Å²) in [6.45, 7) is 2.32. The average Bonchev–Trinajstić information content (AvgIpc) is 3.49. The average molecular weight is 447 g/mol. The summed E-state index contributed by atoms with van der Waals surface area (Å²) >= 11 is 6.09. The summed E-state index contributed by atoms with van der Waals surface area (Å²) in [7, 11) is 0. The van der Waals surface area contributed by atoms with Gasteiger partial charge in [0.15, 0.2) is 0 Å². The highest BCUT2D eigenvalue weighted by molar-refractivity contribution is 6.30. The van der Waals surface area contributed by atoms with E-state index in [1.165, 1.54) is 0 Å². The van der Waals surface area contributed by atoms with Gasteiger partial charge in [-0.2, -0.15) is 0 Å². The van der Waals surface area contributed by atoms with Crippen molar-refractivity contribution in [1.29, 1.82) is 0 Å². The van der Waals surface area contributed by atoms with Gasteiger partial charge in [0.1, 0.15) is 5.82 Å². The molecule has 3 heterocycles. The lowest BCUT2D eigenvalue weighted by Gasteiger charge is -2.32. The lowest BCUT2D eigenvalue weighted by atomic mass is 9.92. The number of H-pyrrole nitrogens is 1. The fourth-order valence-electron chi connectivity index (χ4n) is 4.68. The Morgan fingerprint density at radius 3 is 2.47 bits per heavy atom. The number of hydrogen-bond acceptors (Lipinski definition) is 2. The molecule has 6 heteroatoms. The van der Waals surface area contributed by atoms with Crippen molar-refractivity contribution in [3.8, 4) is 0 Å². The van der Waals surface area contributed by atoms with E-state index < -0.39 is 0 Å². The predicted molar refractivity (Wildman–Crippen MR) is 128 cm³/mol. The van der Waals surface area contributed by atoms with Crippen LogP contribution in [0.3, 0.4) is 0 Å². The monoisotopic (exact) mass is 446 g/mol. The summed E-state index contributed by atoms with van der Waals surface area (Å²) in [5.41, 5.74) is 3.24. The van der Waals surface area contributed by atoms with E-state index in [1.54, 1.807) is 0 Å². The molecule has 0 saturated carbocycles. The molecule has 1 N–H and O–H groups in total. The van der Waals surface area contributed by atoms with Gasteiger partial charge in [-0.15, -0.1) is 0 Å².